The van der Waals surface area contributed by atoms with Crippen molar-refractivity contribution >= 4 is 15.9 Å². The van der Waals surface area contributed by atoms with E-state index in [1.54, 1.807) is 16.5 Å². The van der Waals surface area contributed by atoms with Crippen molar-refractivity contribution in [3.63, 3.8) is 0 Å². The molecule has 1 aliphatic rings. The Balaban J connectivity index is 1.72. The summed E-state index contributed by atoms with van der Waals surface area (Å²) in [6.45, 7) is 1.33. The van der Waals surface area contributed by atoms with Crippen molar-refractivity contribution < 1.29 is 17.7 Å². The van der Waals surface area contributed by atoms with E-state index in [4.69, 9.17) is 4.52 Å². The molecule has 0 atom stereocenters. The Hall–Kier alpha value is -2.20. The zero-order valence-corrected chi connectivity index (χ0v) is 13.4. The Morgan fingerprint density at radius 2 is 2.09 bits per heavy atom. The van der Waals surface area contributed by atoms with Crippen LogP contribution in [0.4, 0.5) is 0 Å². The predicted octanol–water partition coefficient (Wildman–Crippen LogP) is -0.0551. The van der Waals surface area contributed by atoms with E-state index in [1.807, 2.05) is 0 Å². The summed E-state index contributed by atoms with van der Waals surface area (Å²) in [6, 6.07) is 1.50. The highest BCUT2D eigenvalue weighted by molar-refractivity contribution is 7.89. The monoisotopic (exact) mass is 339 g/mol. The Morgan fingerprint density at radius 3 is 2.74 bits per heavy atom. The molecule has 1 fully saturated rings. The second-order valence-electron chi connectivity index (χ2n) is 5.30. The first-order valence-corrected chi connectivity index (χ1v) is 8.60. The number of hydrogen-bond donors (Lipinski definition) is 0. The summed E-state index contributed by atoms with van der Waals surface area (Å²) in [5, 5.41) is 3.54. The third-order valence-electron chi connectivity index (χ3n) is 3.68. The maximum Gasteiger partial charge on any atom is 0.292 e. The van der Waals surface area contributed by atoms with Gasteiger partial charge in [-0.2, -0.15) is 4.31 Å². The van der Waals surface area contributed by atoms with Gasteiger partial charge in [-0.3, -0.25) is 4.79 Å². The molecule has 0 radical (unpaired) electrons. The van der Waals surface area contributed by atoms with E-state index >= 15 is 0 Å². The van der Waals surface area contributed by atoms with Crippen molar-refractivity contribution in [2.45, 2.75) is 11.4 Å². The SMILES string of the molecule is Cn1cnc(S(=O)(=O)N2CCCN(C(=O)c3ccno3)CC2)c1. The van der Waals surface area contributed by atoms with Crippen LogP contribution in [0.3, 0.4) is 0 Å². The van der Waals surface area contributed by atoms with E-state index in [0.717, 1.165) is 0 Å². The molecule has 3 rings (SSSR count). The van der Waals surface area contributed by atoms with Crippen molar-refractivity contribution in [1.82, 2.24) is 23.9 Å². The van der Waals surface area contributed by atoms with Crippen LogP contribution < -0.4 is 0 Å². The first-order chi connectivity index (χ1) is 11.0. The number of aryl methyl sites for hydroxylation is 1. The van der Waals surface area contributed by atoms with E-state index in [9.17, 15) is 13.2 Å². The molecular formula is C13H17N5O4S. The van der Waals surface area contributed by atoms with E-state index in [0.29, 0.717) is 26.1 Å². The van der Waals surface area contributed by atoms with Gasteiger partial charge < -0.3 is 14.0 Å². The molecule has 10 heteroatoms. The summed E-state index contributed by atoms with van der Waals surface area (Å²) in [7, 11) is -1.93. The zero-order valence-electron chi connectivity index (χ0n) is 12.6. The van der Waals surface area contributed by atoms with E-state index in [2.05, 4.69) is 10.1 Å². The molecule has 0 unspecified atom stereocenters. The molecule has 1 amide bonds. The van der Waals surface area contributed by atoms with Gasteiger partial charge in [0.25, 0.3) is 15.9 Å². The van der Waals surface area contributed by atoms with E-state index in [1.165, 1.54) is 29.1 Å². The van der Waals surface area contributed by atoms with Gasteiger partial charge in [-0.15, -0.1) is 0 Å². The fraction of sp³-hybridized carbons (Fsp3) is 0.462. The molecule has 0 N–H and O–H groups in total. The number of hydrogen-bond acceptors (Lipinski definition) is 6. The van der Waals surface area contributed by atoms with Gasteiger partial charge in [0.1, 0.15) is 0 Å². The average Bonchev–Trinajstić information content (AvgIpc) is 3.13. The Morgan fingerprint density at radius 1 is 1.26 bits per heavy atom. The van der Waals surface area contributed by atoms with Gasteiger partial charge in [0.15, 0.2) is 5.03 Å². The van der Waals surface area contributed by atoms with Crippen LogP contribution in [0.5, 0.6) is 0 Å². The normalized spacial score (nSPS) is 17.2. The number of imidazole rings is 1. The van der Waals surface area contributed by atoms with Gasteiger partial charge >= 0.3 is 0 Å². The maximum atomic E-state index is 12.6. The van der Waals surface area contributed by atoms with Crippen molar-refractivity contribution in [2.24, 2.45) is 7.05 Å². The molecule has 9 nitrogen and oxygen atoms in total. The maximum absolute atomic E-state index is 12.6. The van der Waals surface area contributed by atoms with E-state index in [-0.39, 0.29) is 23.2 Å². The minimum absolute atomic E-state index is 0.0232. The van der Waals surface area contributed by atoms with Crippen LogP contribution in [-0.4, -0.2) is 64.4 Å². The highest BCUT2D eigenvalue weighted by Gasteiger charge is 2.30. The molecule has 0 aliphatic carbocycles. The van der Waals surface area contributed by atoms with Gasteiger partial charge in [0, 0.05) is 45.5 Å². The van der Waals surface area contributed by atoms with Crippen LogP contribution in [0.1, 0.15) is 17.0 Å². The quantitative estimate of drug-likeness (QED) is 0.777. The Bertz CT molecular complexity index is 783. The molecule has 1 saturated heterocycles. The lowest BCUT2D eigenvalue weighted by molar-refractivity contribution is 0.0722. The summed E-state index contributed by atoms with van der Waals surface area (Å²) in [5.41, 5.74) is 0. The second kappa shape index (κ2) is 6.13. The number of sulfonamides is 1. The molecule has 124 valence electrons. The standard InChI is InChI=1S/C13H17N5O4S/c1-16-9-12(14-10-16)23(20,21)18-6-2-5-17(7-8-18)13(19)11-3-4-15-22-11/h3-4,9-10H,2,5-8H2,1H3. The van der Waals surface area contributed by atoms with Crippen molar-refractivity contribution in [3.8, 4) is 0 Å². The smallest absolute Gasteiger partial charge is 0.292 e. The van der Waals surface area contributed by atoms with Crippen LogP contribution in [0.15, 0.2) is 34.3 Å². The highest BCUT2D eigenvalue weighted by atomic mass is 32.2. The van der Waals surface area contributed by atoms with Crippen molar-refractivity contribution in [2.75, 3.05) is 26.2 Å². The first kappa shape index (κ1) is 15.7. The molecule has 23 heavy (non-hydrogen) atoms. The summed E-state index contributed by atoms with van der Waals surface area (Å²) < 4.78 is 33.0. The number of amides is 1. The van der Waals surface area contributed by atoms with Crippen LogP contribution in [0.25, 0.3) is 0 Å². The lowest BCUT2D eigenvalue weighted by Crippen LogP contribution is -2.37. The van der Waals surface area contributed by atoms with Gasteiger partial charge in [-0.05, 0) is 6.42 Å². The summed E-state index contributed by atoms with van der Waals surface area (Å²) >= 11 is 0. The van der Waals surface area contributed by atoms with Crippen LogP contribution in [0.2, 0.25) is 0 Å². The molecule has 0 spiro atoms. The lowest BCUT2D eigenvalue weighted by Gasteiger charge is -2.20. The molecule has 3 heterocycles. The Kier molecular flexibility index (Phi) is 4.18. The number of rotatable bonds is 3. The Labute approximate surface area is 133 Å². The molecular weight excluding hydrogens is 322 g/mol. The molecule has 0 saturated carbocycles. The van der Waals surface area contributed by atoms with Gasteiger partial charge in [0.05, 0.1) is 12.5 Å². The molecule has 1 aliphatic heterocycles. The van der Waals surface area contributed by atoms with Gasteiger partial charge in [-0.1, -0.05) is 5.16 Å². The number of carbonyl (C=O) groups excluding carboxylic acids is 1. The molecule has 2 aromatic heterocycles. The van der Waals surface area contributed by atoms with E-state index < -0.39 is 10.0 Å². The molecule has 0 bridgehead atoms. The van der Waals surface area contributed by atoms with Crippen molar-refractivity contribution in [3.05, 3.63) is 30.5 Å². The van der Waals surface area contributed by atoms with Gasteiger partial charge in [0.2, 0.25) is 5.76 Å². The molecule has 0 aromatic carbocycles. The largest absolute Gasteiger partial charge is 0.351 e. The van der Waals surface area contributed by atoms with Crippen LogP contribution >= 0.6 is 0 Å². The minimum Gasteiger partial charge on any atom is -0.351 e. The summed E-state index contributed by atoms with van der Waals surface area (Å²) in [5.74, 6) is -0.120. The lowest BCUT2D eigenvalue weighted by atomic mass is 10.3. The highest BCUT2D eigenvalue weighted by Crippen LogP contribution is 2.16. The molecule has 2 aromatic rings. The minimum atomic E-state index is -3.64. The third kappa shape index (κ3) is 3.13. The first-order valence-electron chi connectivity index (χ1n) is 7.16. The van der Waals surface area contributed by atoms with Crippen LogP contribution in [-0.2, 0) is 17.1 Å². The topological polar surface area (TPSA) is 102 Å². The zero-order chi connectivity index (χ0) is 16.4. The van der Waals surface area contributed by atoms with Gasteiger partial charge in [-0.25, -0.2) is 13.4 Å². The predicted molar refractivity (Wildman–Crippen MR) is 79.0 cm³/mol. The van der Waals surface area contributed by atoms with Crippen molar-refractivity contribution in [1.29, 1.82) is 0 Å². The second-order valence-corrected chi connectivity index (χ2v) is 7.19. The number of carbonyl (C=O) groups is 1. The van der Waals surface area contributed by atoms with Crippen LogP contribution in [0, 0.1) is 0 Å². The summed E-state index contributed by atoms with van der Waals surface area (Å²) in [4.78, 5) is 17.7. The fourth-order valence-corrected chi connectivity index (χ4v) is 3.91. The number of nitrogens with zero attached hydrogens (tertiary/aromatic N) is 5. The number of aromatic nitrogens is 3. The average molecular weight is 339 g/mol. The fourth-order valence-electron chi connectivity index (χ4n) is 2.47. The third-order valence-corrected chi connectivity index (χ3v) is 5.46. The summed E-state index contributed by atoms with van der Waals surface area (Å²) in [6.07, 6.45) is 4.87.